The lowest BCUT2D eigenvalue weighted by Gasteiger charge is -2.16. The van der Waals surface area contributed by atoms with Gasteiger partial charge in [-0.2, -0.15) is 15.3 Å². The molecule has 0 unspecified atom stereocenters. The Morgan fingerprint density at radius 3 is 1.33 bits per heavy atom. The second-order valence-corrected chi connectivity index (χ2v) is 16.8. The van der Waals surface area contributed by atoms with Gasteiger partial charge in [0.15, 0.2) is 0 Å². The number of aryl methyl sites for hydroxylation is 1. The van der Waals surface area contributed by atoms with Gasteiger partial charge in [-0.1, -0.05) is 104 Å². The Morgan fingerprint density at radius 2 is 0.942 bits per heavy atom. The molecule has 0 amide bonds. The van der Waals surface area contributed by atoms with Crippen molar-refractivity contribution in [2.75, 3.05) is 0 Å². The summed E-state index contributed by atoms with van der Waals surface area (Å²) in [7, 11) is 0. The van der Waals surface area contributed by atoms with Crippen molar-refractivity contribution < 1.29 is 0 Å². The Hall–Kier alpha value is -4.31. The molecule has 3 aromatic heterocycles. The SMILES string of the molecule is CC(C)(C)c1cc(CN)n(-c2ccccc2)n1.CC(C)(C)c1cc(CN)n(C2=CCCCC2)n1.Cc1ccc(-n2nc(C(C)(C)C)cc2CN)cc1. The fraction of sp³-hybridized carbons (Fsp3) is 0.465. The van der Waals surface area contributed by atoms with E-state index < -0.39 is 0 Å². The molecule has 9 nitrogen and oxygen atoms in total. The summed E-state index contributed by atoms with van der Waals surface area (Å²) >= 11 is 0. The van der Waals surface area contributed by atoms with Crippen LogP contribution in [0.25, 0.3) is 17.1 Å². The van der Waals surface area contributed by atoms with E-state index in [0.29, 0.717) is 19.6 Å². The van der Waals surface area contributed by atoms with Gasteiger partial charge in [-0.15, -0.1) is 0 Å². The first-order valence-electron chi connectivity index (χ1n) is 18.7. The van der Waals surface area contributed by atoms with Gasteiger partial charge in [0, 0.05) is 41.6 Å². The van der Waals surface area contributed by atoms with Gasteiger partial charge in [0.25, 0.3) is 0 Å². The number of aromatic nitrogens is 6. The van der Waals surface area contributed by atoms with Gasteiger partial charge >= 0.3 is 0 Å². The van der Waals surface area contributed by atoms with Gasteiger partial charge in [-0.25, -0.2) is 14.0 Å². The average Bonchev–Trinajstić information content (AvgIpc) is 3.87. The van der Waals surface area contributed by atoms with Gasteiger partial charge < -0.3 is 17.2 Å². The molecule has 5 aromatic rings. The fourth-order valence-electron chi connectivity index (χ4n) is 5.76. The highest BCUT2D eigenvalue weighted by Crippen LogP contribution is 2.28. The summed E-state index contributed by atoms with van der Waals surface area (Å²) in [5.41, 5.74) is 28.8. The molecule has 0 saturated carbocycles. The molecule has 6 N–H and O–H groups in total. The summed E-state index contributed by atoms with van der Waals surface area (Å²) in [6.45, 7) is 23.2. The van der Waals surface area contributed by atoms with Crippen molar-refractivity contribution in [3.05, 3.63) is 119 Å². The predicted molar refractivity (Wildman–Crippen MR) is 217 cm³/mol. The van der Waals surface area contributed by atoms with Crippen LogP contribution >= 0.6 is 0 Å². The third-order valence-electron chi connectivity index (χ3n) is 9.10. The van der Waals surface area contributed by atoms with Crippen LogP contribution in [0, 0.1) is 6.92 Å². The summed E-state index contributed by atoms with van der Waals surface area (Å²) in [6, 6.07) is 24.8. The van der Waals surface area contributed by atoms with Crippen molar-refractivity contribution >= 4 is 5.70 Å². The van der Waals surface area contributed by atoms with Crippen LogP contribution in [0.5, 0.6) is 0 Å². The van der Waals surface area contributed by atoms with Crippen LogP contribution in [-0.4, -0.2) is 29.3 Å². The van der Waals surface area contributed by atoms with E-state index in [1.54, 1.807) is 0 Å². The van der Waals surface area contributed by atoms with Crippen molar-refractivity contribution in [1.82, 2.24) is 29.3 Å². The summed E-state index contributed by atoms with van der Waals surface area (Å²) in [6.07, 6.45) is 7.17. The molecule has 1 aliphatic carbocycles. The smallest absolute Gasteiger partial charge is 0.0685 e. The second kappa shape index (κ2) is 17.0. The Labute approximate surface area is 312 Å². The van der Waals surface area contributed by atoms with Gasteiger partial charge in [-0.05, 0) is 75.1 Å². The Kier molecular flexibility index (Phi) is 13.2. The van der Waals surface area contributed by atoms with E-state index in [4.69, 9.17) is 22.3 Å². The number of nitrogens with zero attached hydrogens (tertiary/aromatic N) is 6. The van der Waals surface area contributed by atoms with E-state index in [1.807, 2.05) is 39.7 Å². The third kappa shape index (κ3) is 10.4. The lowest BCUT2D eigenvalue weighted by Crippen LogP contribution is -2.13. The monoisotopic (exact) mass is 706 g/mol. The molecule has 52 heavy (non-hydrogen) atoms. The number of hydrogen-bond donors (Lipinski definition) is 3. The van der Waals surface area contributed by atoms with Crippen LogP contribution in [0.3, 0.4) is 0 Å². The minimum Gasteiger partial charge on any atom is -0.325 e. The van der Waals surface area contributed by atoms with Crippen LogP contribution < -0.4 is 17.2 Å². The first kappa shape index (κ1) is 40.5. The van der Waals surface area contributed by atoms with Crippen molar-refractivity contribution in [3.8, 4) is 11.4 Å². The Bertz CT molecular complexity index is 1880. The van der Waals surface area contributed by atoms with Crippen LogP contribution in [0.4, 0.5) is 0 Å². The normalized spacial score (nSPS) is 13.5. The fourth-order valence-corrected chi connectivity index (χ4v) is 5.76. The number of para-hydroxylation sites is 1. The molecule has 9 heteroatoms. The minimum absolute atomic E-state index is 0.0415. The molecule has 0 spiro atoms. The Balaban J connectivity index is 0.000000175. The zero-order valence-corrected chi connectivity index (χ0v) is 33.4. The predicted octanol–water partition coefficient (Wildman–Crippen LogP) is 8.62. The molecule has 0 bridgehead atoms. The molecule has 2 aromatic carbocycles. The molecule has 3 heterocycles. The zero-order chi connectivity index (χ0) is 38.3. The molecule has 6 rings (SSSR count). The van der Waals surface area contributed by atoms with E-state index in [2.05, 4.69) is 133 Å². The van der Waals surface area contributed by atoms with E-state index in [-0.39, 0.29) is 16.2 Å². The molecular weight excluding hydrogens is 643 g/mol. The average molecular weight is 706 g/mol. The maximum absolute atomic E-state index is 5.83. The molecule has 0 fully saturated rings. The highest BCUT2D eigenvalue weighted by atomic mass is 15.3. The lowest BCUT2D eigenvalue weighted by molar-refractivity contribution is 0.558. The maximum Gasteiger partial charge on any atom is 0.0685 e. The van der Waals surface area contributed by atoms with Crippen molar-refractivity contribution in [2.24, 2.45) is 17.2 Å². The first-order chi connectivity index (χ1) is 24.5. The quantitative estimate of drug-likeness (QED) is 0.162. The molecular formula is C43H63N9. The minimum atomic E-state index is 0.0415. The lowest BCUT2D eigenvalue weighted by atomic mass is 9.92. The first-order valence-corrected chi connectivity index (χ1v) is 18.7. The summed E-state index contributed by atoms with van der Waals surface area (Å²) in [5, 5.41) is 14.1. The van der Waals surface area contributed by atoms with E-state index in [9.17, 15) is 0 Å². The van der Waals surface area contributed by atoms with Gasteiger partial charge in [0.1, 0.15) is 0 Å². The van der Waals surface area contributed by atoms with Gasteiger partial charge in [0.05, 0.1) is 45.5 Å². The van der Waals surface area contributed by atoms with Gasteiger partial charge in [0.2, 0.25) is 0 Å². The number of allylic oxidation sites excluding steroid dienone is 2. The molecule has 0 atom stereocenters. The van der Waals surface area contributed by atoms with Gasteiger partial charge in [-0.3, -0.25) is 0 Å². The number of nitrogens with two attached hydrogens (primary N) is 3. The Morgan fingerprint density at radius 1 is 0.538 bits per heavy atom. The molecule has 0 saturated heterocycles. The van der Waals surface area contributed by atoms with Crippen molar-refractivity contribution in [3.63, 3.8) is 0 Å². The van der Waals surface area contributed by atoms with E-state index in [0.717, 1.165) is 52.0 Å². The third-order valence-corrected chi connectivity index (χ3v) is 9.10. The highest BCUT2D eigenvalue weighted by molar-refractivity contribution is 5.47. The van der Waals surface area contributed by atoms with Crippen LogP contribution in [0.1, 0.15) is 128 Å². The highest BCUT2D eigenvalue weighted by Gasteiger charge is 2.22. The number of hydrogen-bond acceptors (Lipinski definition) is 6. The number of benzene rings is 2. The molecule has 0 aliphatic heterocycles. The maximum atomic E-state index is 5.83. The number of rotatable bonds is 6. The van der Waals surface area contributed by atoms with Crippen LogP contribution in [0.15, 0.2) is 78.9 Å². The topological polar surface area (TPSA) is 132 Å². The molecule has 1 aliphatic rings. The standard InChI is InChI=1S/C15H21N3.C14H23N3.C14H19N3/c1-11-5-7-12(8-6-11)18-13(10-16)9-14(17-18)15(2,3)4;2*1-14(2,3)13-9-12(10-15)17(16-13)11-7-5-4-6-8-11/h5-9H,10,16H2,1-4H3;7,9H,4-6,8,10,15H2,1-3H3;4-9H,10,15H2,1-3H3. The summed E-state index contributed by atoms with van der Waals surface area (Å²) < 4.78 is 5.94. The zero-order valence-electron chi connectivity index (χ0n) is 33.4. The largest absolute Gasteiger partial charge is 0.325 e. The molecule has 280 valence electrons. The second-order valence-electron chi connectivity index (χ2n) is 16.8. The van der Waals surface area contributed by atoms with E-state index in [1.165, 1.54) is 30.5 Å². The van der Waals surface area contributed by atoms with Crippen LogP contribution in [-0.2, 0) is 35.9 Å². The van der Waals surface area contributed by atoms with E-state index >= 15 is 0 Å². The van der Waals surface area contributed by atoms with Crippen molar-refractivity contribution in [1.29, 1.82) is 0 Å². The summed E-state index contributed by atoms with van der Waals surface area (Å²) in [4.78, 5) is 0. The van der Waals surface area contributed by atoms with Crippen LogP contribution in [0.2, 0.25) is 0 Å². The molecule has 0 radical (unpaired) electrons. The van der Waals surface area contributed by atoms with Crippen molar-refractivity contribution in [2.45, 2.75) is 131 Å². The summed E-state index contributed by atoms with van der Waals surface area (Å²) in [5.74, 6) is 0.